The van der Waals surface area contributed by atoms with Crippen molar-refractivity contribution in [2.75, 3.05) is 7.11 Å². The molecule has 0 aromatic carbocycles. The number of ether oxygens (including phenoxy) is 1. The molecule has 1 rings (SSSR count). The minimum atomic E-state index is -0.176. The molecular formula is C13H19O2Y-. The summed E-state index contributed by atoms with van der Waals surface area (Å²) in [6.45, 7) is 7.94. The molecule has 2 nitrogen and oxygen atoms in total. The van der Waals surface area contributed by atoms with E-state index in [-0.39, 0.29) is 38.7 Å². The number of methoxy groups -OCH3 is 1. The number of allylic oxidation sites excluding steroid dienone is 3. The van der Waals surface area contributed by atoms with Gasteiger partial charge in [0.1, 0.15) is 0 Å². The van der Waals surface area contributed by atoms with E-state index in [2.05, 4.69) is 6.92 Å². The van der Waals surface area contributed by atoms with E-state index in [0.29, 0.717) is 0 Å². The molecule has 0 N–H and O–H groups in total. The van der Waals surface area contributed by atoms with Crippen LogP contribution in [0.15, 0.2) is 22.3 Å². The van der Waals surface area contributed by atoms with Crippen LogP contribution >= 0.6 is 0 Å². The minimum Gasteiger partial charge on any atom is -0.466 e. The third kappa shape index (κ3) is 3.74. The largest absolute Gasteiger partial charge is 0.466 e. The van der Waals surface area contributed by atoms with E-state index in [1.54, 1.807) is 0 Å². The van der Waals surface area contributed by atoms with Crippen molar-refractivity contribution in [2.24, 2.45) is 0 Å². The quantitative estimate of drug-likeness (QED) is 0.578. The monoisotopic (exact) mass is 296 g/mol. The van der Waals surface area contributed by atoms with Crippen LogP contribution in [-0.2, 0) is 42.2 Å². The van der Waals surface area contributed by atoms with Crippen LogP contribution in [0, 0.1) is 6.92 Å². The standard InChI is InChI=1S/C13H19O2.Y/c1-9(2)10(3)11-7-5-6-8-12(11)13(14)15-4;/h1,5-8H2,2-4H3;/q-1;/b10-9-;. The van der Waals surface area contributed by atoms with Gasteiger partial charge in [0.25, 0.3) is 0 Å². The van der Waals surface area contributed by atoms with Crippen LogP contribution in [-0.4, -0.2) is 13.1 Å². The van der Waals surface area contributed by atoms with Gasteiger partial charge in [0, 0.05) is 38.3 Å². The first-order valence-electron chi connectivity index (χ1n) is 5.38. The van der Waals surface area contributed by atoms with Crippen molar-refractivity contribution in [3.63, 3.8) is 0 Å². The van der Waals surface area contributed by atoms with Crippen molar-refractivity contribution in [1.29, 1.82) is 0 Å². The summed E-state index contributed by atoms with van der Waals surface area (Å²) in [5.41, 5.74) is 4.19. The summed E-state index contributed by atoms with van der Waals surface area (Å²) >= 11 is 0. The number of hydrogen-bond acceptors (Lipinski definition) is 2. The van der Waals surface area contributed by atoms with E-state index in [1.165, 1.54) is 7.11 Å². The maximum atomic E-state index is 11.6. The van der Waals surface area contributed by atoms with Crippen LogP contribution in [0.1, 0.15) is 39.5 Å². The van der Waals surface area contributed by atoms with Gasteiger partial charge in [-0.25, -0.2) is 17.3 Å². The van der Waals surface area contributed by atoms with Crippen molar-refractivity contribution in [2.45, 2.75) is 39.5 Å². The molecule has 0 bridgehead atoms. The Hall–Kier alpha value is -0.0761. The molecule has 0 saturated heterocycles. The van der Waals surface area contributed by atoms with Gasteiger partial charge in [-0.2, -0.15) is 5.57 Å². The van der Waals surface area contributed by atoms with Gasteiger partial charge in [0.15, 0.2) is 0 Å². The molecule has 0 amide bonds. The fourth-order valence-corrected chi connectivity index (χ4v) is 1.93. The van der Waals surface area contributed by atoms with Gasteiger partial charge in [-0.05, 0) is 19.3 Å². The summed E-state index contributed by atoms with van der Waals surface area (Å²) in [5, 5.41) is 0. The maximum absolute atomic E-state index is 11.6. The predicted molar refractivity (Wildman–Crippen MR) is 61.2 cm³/mol. The average molecular weight is 296 g/mol. The molecule has 1 aliphatic carbocycles. The fourth-order valence-electron chi connectivity index (χ4n) is 1.93. The van der Waals surface area contributed by atoms with Gasteiger partial charge >= 0.3 is 5.97 Å². The minimum absolute atomic E-state index is 0. The summed E-state index contributed by atoms with van der Waals surface area (Å²) in [6.07, 6.45) is 4.05. The Kier molecular flexibility index (Phi) is 7.25. The van der Waals surface area contributed by atoms with E-state index >= 15 is 0 Å². The summed E-state index contributed by atoms with van der Waals surface area (Å²) in [5.74, 6) is -0.176. The fraction of sp³-hybridized carbons (Fsp3) is 0.538. The van der Waals surface area contributed by atoms with Gasteiger partial charge < -0.3 is 4.74 Å². The van der Waals surface area contributed by atoms with E-state index in [0.717, 1.165) is 48.0 Å². The molecule has 0 aromatic rings. The van der Waals surface area contributed by atoms with Crippen LogP contribution in [0.2, 0.25) is 0 Å². The number of hydrogen-bond donors (Lipinski definition) is 0. The number of carbonyl (C=O) groups is 1. The molecule has 87 valence electrons. The molecule has 0 saturated carbocycles. The second-order valence-electron chi connectivity index (χ2n) is 4.06. The number of rotatable bonds is 2. The van der Waals surface area contributed by atoms with E-state index in [1.807, 2.05) is 13.8 Å². The Morgan fingerprint density at radius 3 is 2.12 bits per heavy atom. The molecule has 1 radical (unpaired) electrons. The molecule has 0 aromatic heterocycles. The summed E-state index contributed by atoms with van der Waals surface area (Å²) in [4.78, 5) is 11.6. The van der Waals surface area contributed by atoms with Gasteiger partial charge in [-0.3, -0.25) is 0 Å². The van der Waals surface area contributed by atoms with Crippen LogP contribution < -0.4 is 0 Å². The van der Waals surface area contributed by atoms with E-state index in [4.69, 9.17) is 4.74 Å². The first kappa shape index (κ1) is 15.9. The Balaban J connectivity index is 0.00000225. The molecule has 0 aliphatic heterocycles. The molecule has 1 aliphatic rings. The SMILES string of the molecule is [CH2-]/C(C)=C(\C)C1=C(C(=O)OC)CCCC1.[Y]. The smallest absolute Gasteiger partial charge is 0.332 e. The van der Waals surface area contributed by atoms with Crippen LogP contribution in [0.3, 0.4) is 0 Å². The third-order valence-electron chi connectivity index (χ3n) is 2.99. The van der Waals surface area contributed by atoms with Crippen molar-refractivity contribution < 1.29 is 42.2 Å². The second kappa shape index (κ2) is 7.29. The Bertz CT molecular complexity index is 323. The summed E-state index contributed by atoms with van der Waals surface area (Å²) < 4.78 is 4.81. The normalized spacial score (nSPS) is 17.4. The summed E-state index contributed by atoms with van der Waals surface area (Å²) in [7, 11) is 1.44. The zero-order valence-corrected chi connectivity index (χ0v) is 13.3. The second-order valence-corrected chi connectivity index (χ2v) is 4.06. The first-order chi connectivity index (χ1) is 7.07. The summed E-state index contributed by atoms with van der Waals surface area (Å²) in [6, 6.07) is 0. The Morgan fingerprint density at radius 1 is 1.19 bits per heavy atom. The average Bonchev–Trinajstić information content (AvgIpc) is 2.27. The zero-order chi connectivity index (χ0) is 11.4. The van der Waals surface area contributed by atoms with Crippen molar-refractivity contribution in [3.05, 3.63) is 29.2 Å². The van der Waals surface area contributed by atoms with Gasteiger partial charge in [0.2, 0.25) is 0 Å². The van der Waals surface area contributed by atoms with Gasteiger partial charge in [0.05, 0.1) is 7.11 Å². The van der Waals surface area contributed by atoms with Crippen LogP contribution in [0.4, 0.5) is 0 Å². The van der Waals surface area contributed by atoms with Crippen LogP contribution in [0.25, 0.3) is 0 Å². The zero-order valence-electron chi connectivity index (χ0n) is 10.4. The molecule has 0 fully saturated rings. The molecule has 16 heavy (non-hydrogen) atoms. The topological polar surface area (TPSA) is 26.3 Å². The first-order valence-corrected chi connectivity index (χ1v) is 5.38. The number of esters is 1. The maximum Gasteiger partial charge on any atom is 0.332 e. The Morgan fingerprint density at radius 2 is 1.69 bits per heavy atom. The van der Waals surface area contributed by atoms with Crippen molar-refractivity contribution >= 4 is 5.97 Å². The molecule has 0 atom stereocenters. The third-order valence-corrected chi connectivity index (χ3v) is 2.99. The van der Waals surface area contributed by atoms with E-state index < -0.39 is 0 Å². The molecule has 0 heterocycles. The van der Waals surface area contributed by atoms with Gasteiger partial charge in [-0.1, -0.05) is 13.3 Å². The van der Waals surface area contributed by atoms with Crippen molar-refractivity contribution in [1.82, 2.24) is 0 Å². The molecule has 3 heteroatoms. The van der Waals surface area contributed by atoms with E-state index in [9.17, 15) is 4.79 Å². The number of carbonyl (C=O) groups excluding carboxylic acids is 1. The van der Waals surface area contributed by atoms with Crippen LogP contribution in [0.5, 0.6) is 0 Å². The molecule has 0 unspecified atom stereocenters. The van der Waals surface area contributed by atoms with Gasteiger partial charge in [-0.15, -0.1) is 12.5 Å². The predicted octanol–water partition coefficient (Wildman–Crippen LogP) is 3.20. The Labute approximate surface area is 123 Å². The molecule has 0 spiro atoms. The van der Waals surface area contributed by atoms with Crippen molar-refractivity contribution in [3.8, 4) is 0 Å². The molecular weight excluding hydrogens is 277 g/mol.